The van der Waals surface area contributed by atoms with Crippen LogP contribution in [0.3, 0.4) is 0 Å². The first kappa shape index (κ1) is 23.9. The minimum Gasteiger partial charge on any atom is -0.407 e. The number of amides is 1. The molecule has 166 valence electrons. The second-order valence-corrected chi connectivity index (χ2v) is 7.79. The van der Waals surface area contributed by atoms with Crippen LogP contribution in [0.1, 0.15) is 64.4 Å². The van der Waals surface area contributed by atoms with Crippen molar-refractivity contribution in [1.29, 1.82) is 5.41 Å². The van der Waals surface area contributed by atoms with Crippen molar-refractivity contribution >= 4 is 23.5 Å². The van der Waals surface area contributed by atoms with Gasteiger partial charge in [-0.15, -0.1) is 0 Å². The van der Waals surface area contributed by atoms with Gasteiger partial charge in [-0.05, 0) is 69.6 Å². The summed E-state index contributed by atoms with van der Waals surface area (Å²) in [6.45, 7) is 8.10. The molecule has 0 radical (unpaired) electrons. The van der Waals surface area contributed by atoms with E-state index in [4.69, 9.17) is 15.9 Å². The number of nitrogens with one attached hydrogen (secondary N) is 2. The topological polar surface area (TPSA) is 104 Å². The Balaban J connectivity index is 1.74. The molecule has 4 N–H and O–H groups in total. The molecule has 0 spiro atoms. The van der Waals surface area contributed by atoms with E-state index < -0.39 is 0 Å². The Hall–Kier alpha value is -2.41. The smallest absolute Gasteiger partial charge is 0.288 e. The van der Waals surface area contributed by atoms with Gasteiger partial charge >= 0.3 is 0 Å². The first-order valence-corrected chi connectivity index (χ1v) is 11.2. The fraction of sp³-hybridized carbons (Fsp3) is 0.609. The average Bonchev–Trinajstić information content (AvgIpc) is 2.77. The van der Waals surface area contributed by atoms with Crippen LogP contribution >= 0.6 is 0 Å². The van der Waals surface area contributed by atoms with Crippen LogP contribution < -0.4 is 11.1 Å². The second-order valence-electron chi connectivity index (χ2n) is 7.79. The summed E-state index contributed by atoms with van der Waals surface area (Å²) in [5.74, 6) is 0.152. The molecule has 1 amide bonds. The van der Waals surface area contributed by atoms with Crippen molar-refractivity contribution in [2.24, 2.45) is 16.6 Å². The van der Waals surface area contributed by atoms with Gasteiger partial charge in [-0.2, -0.15) is 0 Å². The molecule has 1 aliphatic rings. The summed E-state index contributed by atoms with van der Waals surface area (Å²) in [6.07, 6.45) is 7.42. The number of nitrogens with zero attached hydrogens (tertiary/aromatic N) is 2. The largest absolute Gasteiger partial charge is 0.407 e. The van der Waals surface area contributed by atoms with Crippen LogP contribution in [0.2, 0.25) is 0 Å². The number of nitrogens with two attached hydrogens (primary N) is 1. The van der Waals surface area contributed by atoms with E-state index in [2.05, 4.69) is 29.1 Å². The van der Waals surface area contributed by atoms with Gasteiger partial charge in [0, 0.05) is 23.7 Å². The molecule has 7 heteroatoms. The van der Waals surface area contributed by atoms with Crippen molar-refractivity contribution in [2.45, 2.75) is 58.8 Å². The zero-order chi connectivity index (χ0) is 21.8. The highest BCUT2D eigenvalue weighted by Crippen LogP contribution is 2.25. The first-order valence-electron chi connectivity index (χ1n) is 11.2. The predicted molar refractivity (Wildman–Crippen MR) is 123 cm³/mol. The van der Waals surface area contributed by atoms with E-state index >= 15 is 0 Å². The third-order valence-electron chi connectivity index (χ3n) is 5.64. The summed E-state index contributed by atoms with van der Waals surface area (Å²) in [7, 11) is 0. The molecule has 1 aromatic carbocycles. The molecule has 1 aliphatic carbocycles. The van der Waals surface area contributed by atoms with E-state index in [1.807, 2.05) is 0 Å². The zero-order valence-electron chi connectivity index (χ0n) is 18.5. The van der Waals surface area contributed by atoms with Gasteiger partial charge in [0.05, 0.1) is 0 Å². The van der Waals surface area contributed by atoms with Crippen LogP contribution in [0.5, 0.6) is 0 Å². The highest BCUT2D eigenvalue weighted by atomic mass is 16.5. The molecular formula is C23H37N5O2. The molecule has 1 saturated carbocycles. The lowest BCUT2D eigenvalue weighted by molar-refractivity contribution is -0.120. The number of amidine groups is 1. The Labute approximate surface area is 180 Å². The number of hydrogen-bond acceptors (Lipinski definition) is 5. The highest BCUT2D eigenvalue weighted by Gasteiger charge is 2.21. The third kappa shape index (κ3) is 8.14. The molecule has 30 heavy (non-hydrogen) atoms. The van der Waals surface area contributed by atoms with Gasteiger partial charge in [0.2, 0.25) is 11.8 Å². The lowest BCUT2D eigenvalue weighted by Gasteiger charge is -2.20. The minimum absolute atomic E-state index is 0.0116. The highest BCUT2D eigenvalue weighted by molar-refractivity contribution is 5.99. The predicted octanol–water partition coefficient (Wildman–Crippen LogP) is 3.98. The molecule has 0 aliphatic heterocycles. The van der Waals surface area contributed by atoms with E-state index in [-0.39, 0.29) is 23.7 Å². The number of anilines is 1. The van der Waals surface area contributed by atoms with Crippen molar-refractivity contribution in [1.82, 2.24) is 4.90 Å². The van der Waals surface area contributed by atoms with Gasteiger partial charge in [0.25, 0.3) is 6.02 Å². The molecule has 0 atom stereocenters. The fourth-order valence-electron chi connectivity index (χ4n) is 3.69. The van der Waals surface area contributed by atoms with Crippen molar-refractivity contribution < 1.29 is 9.53 Å². The first-order chi connectivity index (χ1) is 14.5. The second kappa shape index (κ2) is 13.0. The molecule has 7 nitrogen and oxygen atoms in total. The van der Waals surface area contributed by atoms with Crippen molar-refractivity contribution in [3.8, 4) is 0 Å². The lowest BCUT2D eigenvalue weighted by Crippen LogP contribution is -2.25. The van der Waals surface area contributed by atoms with Crippen LogP contribution in [-0.2, 0) is 9.53 Å². The summed E-state index contributed by atoms with van der Waals surface area (Å²) in [5, 5.41) is 11.1. The Morgan fingerprint density at radius 2 is 1.83 bits per heavy atom. The van der Waals surface area contributed by atoms with E-state index in [1.165, 1.54) is 6.42 Å². The maximum atomic E-state index is 12.3. The quantitative estimate of drug-likeness (QED) is 0.305. The third-order valence-corrected chi connectivity index (χ3v) is 5.64. The molecular weight excluding hydrogens is 378 g/mol. The van der Waals surface area contributed by atoms with Crippen molar-refractivity contribution in [2.75, 3.05) is 31.5 Å². The maximum Gasteiger partial charge on any atom is 0.288 e. The molecule has 2 rings (SSSR count). The molecule has 1 fully saturated rings. The van der Waals surface area contributed by atoms with E-state index in [9.17, 15) is 4.79 Å². The van der Waals surface area contributed by atoms with Crippen LogP contribution in [0.15, 0.2) is 29.3 Å². The van der Waals surface area contributed by atoms with Gasteiger partial charge in [-0.25, -0.2) is 4.99 Å². The number of rotatable bonds is 10. The van der Waals surface area contributed by atoms with Gasteiger partial charge in [0.1, 0.15) is 0 Å². The van der Waals surface area contributed by atoms with Crippen LogP contribution in [0, 0.1) is 11.3 Å². The summed E-state index contributed by atoms with van der Waals surface area (Å²) in [6, 6.07) is 7.08. The van der Waals surface area contributed by atoms with Gasteiger partial charge in [-0.1, -0.05) is 33.1 Å². The Morgan fingerprint density at radius 1 is 1.17 bits per heavy atom. The monoisotopic (exact) mass is 415 g/mol. The van der Waals surface area contributed by atoms with Crippen LogP contribution in [-0.4, -0.2) is 48.9 Å². The number of aliphatic imine (C=N–C) groups is 1. The van der Waals surface area contributed by atoms with Gasteiger partial charge < -0.3 is 20.7 Å². The number of carbonyl (C=O) groups excluding carboxylic acids is 1. The van der Waals surface area contributed by atoms with Crippen LogP contribution in [0.4, 0.5) is 5.69 Å². The average molecular weight is 416 g/mol. The Morgan fingerprint density at radius 3 is 2.47 bits per heavy atom. The molecule has 1 aromatic rings. The van der Waals surface area contributed by atoms with Crippen molar-refractivity contribution in [3.63, 3.8) is 0 Å². The van der Waals surface area contributed by atoms with Gasteiger partial charge in [0.15, 0.2) is 0 Å². The summed E-state index contributed by atoms with van der Waals surface area (Å²) < 4.78 is 5.34. The SMILES string of the molecule is CCN(CC)CCCCN=C(N)OC(=N)c1ccc(NC(=O)C2CCCCC2)cc1. The van der Waals surface area contributed by atoms with Crippen LogP contribution in [0.25, 0.3) is 0 Å². The molecule has 0 saturated heterocycles. The number of ether oxygens (including phenoxy) is 1. The number of carbonyl (C=O) groups is 1. The normalized spacial score (nSPS) is 15.2. The standard InChI is InChI=1S/C23H37N5O2/c1-3-28(4-2)17-9-8-16-26-23(25)30-21(24)18-12-14-20(15-13-18)27-22(29)19-10-6-5-7-11-19/h12-15,19,24H,3-11,16-17H2,1-2H3,(H2,25,26)(H,27,29). The number of benzene rings is 1. The number of unbranched alkanes of at least 4 members (excludes halogenated alkanes) is 1. The van der Waals surface area contributed by atoms with E-state index in [1.54, 1.807) is 24.3 Å². The Bertz CT molecular complexity index is 692. The van der Waals surface area contributed by atoms with Gasteiger partial charge in [-0.3, -0.25) is 10.2 Å². The fourth-order valence-corrected chi connectivity index (χ4v) is 3.69. The zero-order valence-corrected chi connectivity index (χ0v) is 18.5. The Kier molecular flexibility index (Phi) is 10.3. The number of hydrogen-bond donors (Lipinski definition) is 3. The van der Waals surface area contributed by atoms with Crippen molar-refractivity contribution in [3.05, 3.63) is 29.8 Å². The van der Waals surface area contributed by atoms with E-state index in [0.29, 0.717) is 12.1 Å². The maximum absolute atomic E-state index is 12.3. The van der Waals surface area contributed by atoms with E-state index in [0.717, 1.165) is 63.8 Å². The summed E-state index contributed by atoms with van der Waals surface area (Å²) in [5.41, 5.74) is 7.13. The summed E-state index contributed by atoms with van der Waals surface area (Å²) >= 11 is 0. The molecule has 0 aromatic heterocycles. The molecule has 0 unspecified atom stereocenters. The lowest BCUT2D eigenvalue weighted by atomic mass is 9.88. The molecule has 0 bridgehead atoms. The minimum atomic E-state index is -0.0513. The molecule has 0 heterocycles. The summed E-state index contributed by atoms with van der Waals surface area (Å²) in [4.78, 5) is 18.9.